The highest BCUT2D eigenvalue weighted by Crippen LogP contribution is 2.38. The van der Waals surface area contributed by atoms with Crippen LogP contribution in [0.3, 0.4) is 0 Å². The first-order valence-electron chi connectivity index (χ1n) is 6.38. The van der Waals surface area contributed by atoms with Crippen molar-refractivity contribution in [2.75, 3.05) is 0 Å². The molecule has 1 aliphatic heterocycles. The van der Waals surface area contributed by atoms with Gasteiger partial charge in [0, 0.05) is 4.47 Å². The van der Waals surface area contributed by atoms with Gasteiger partial charge in [-0.1, -0.05) is 54.7 Å². The fraction of sp³-hybridized carbons (Fsp3) is 0.250. The SMILES string of the molecule is Cc1ccc2c(c1Br)-c1ccccc1[Si](C)(C)C2. The van der Waals surface area contributed by atoms with Crippen LogP contribution in [-0.4, -0.2) is 8.07 Å². The Morgan fingerprint density at radius 1 is 1.06 bits per heavy atom. The first kappa shape index (κ1) is 12.2. The maximum Gasteiger partial charge on any atom is 0.0857 e. The third-order valence-corrected chi connectivity index (χ3v) is 8.16. The molecule has 0 radical (unpaired) electrons. The van der Waals surface area contributed by atoms with Gasteiger partial charge in [-0.15, -0.1) is 0 Å². The molecule has 2 heteroatoms. The summed E-state index contributed by atoms with van der Waals surface area (Å²) in [6, 6.07) is 14.8. The Kier molecular flexibility index (Phi) is 2.76. The lowest BCUT2D eigenvalue weighted by molar-refractivity contribution is 1.27. The molecule has 18 heavy (non-hydrogen) atoms. The van der Waals surface area contributed by atoms with Gasteiger partial charge < -0.3 is 0 Å². The van der Waals surface area contributed by atoms with E-state index in [0.717, 1.165) is 0 Å². The predicted molar refractivity (Wildman–Crippen MR) is 85.1 cm³/mol. The van der Waals surface area contributed by atoms with E-state index in [4.69, 9.17) is 0 Å². The summed E-state index contributed by atoms with van der Waals surface area (Å²) in [7, 11) is -1.32. The van der Waals surface area contributed by atoms with Crippen molar-refractivity contribution in [1.82, 2.24) is 0 Å². The van der Waals surface area contributed by atoms with Crippen LogP contribution in [0.25, 0.3) is 11.1 Å². The van der Waals surface area contributed by atoms with E-state index in [0.29, 0.717) is 0 Å². The van der Waals surface area contributed by atoms with Crippen LogP contribution in [0.1, 0.15) is 11.1 Å². The highest BCUT2D eigenvalue weighted by molar-refractivity contribution is 9.10. The topological polar surface area (TPSA) is 0 Å². The molecule has 0 amide bonds. The highest BCUT2D eigenvalue weighted by Gasteiger charge is 2.33. The molecule has 2 aromatic carbocycles. The van der Waals surface area contributed by atoms with E-state index < -0.39 is 8.07 Å². The van der Waals surface area contributed by atoms with Crippen molar-refractivity contribution in [2.24, 2.45) is 0 Å². The number of aryl methyl sites for hydroxylation is 1. The van der Waals surface area contributed by atoms with Crippen molar-refractivity contribution < 1.29 is 0 Å². The van der Waals surface area contributed by atoms with Gasteiger partial charge in [0.05, 0.1) is 8.07 Å². The molecule has 0 aromatic heterocycles. The normalized spacial score (nSPS) is 16.0. The van der Waals surface area contributed by atoms with Gasteiger partial charge in [-0.25, -0.2) is 0 Å². The second kappa shape index (κ2) is 4.07. The summed E-state index contributed by atoms with van der Waals surface area (Å²) in [6.07, 6.45) is 0. The van der Waals surface area contributed by atoms with Crippen molar-refractivity contribution in [2.45, 2.75) is 26.1 Å². The Labute approximate surface area is 118 Å². The van der Waals surface area contributed by atoms with E-state index in [1.54, 1.807) is 5.19 Å². The minimum atomic E-state index is -1.32. The summed E-state index contributed by atoms with van der Waals surface area (Å²) in [5.41, 5.74) is 5.72. The Hall–Kier alpha value is -0.863. The number of halogens is 1. The van der Waals surface area contributed by atoms with Crippen LogP contribution in [0.4, 0.5) is 0 Å². The Balaban J connectivity index is 2.38. The molecule has 3 rings (SSSR count). The fourth-order valence-corrected chi connectivity index (χ4v) is 6.54. The minimum Gasteiger partial charge on any atom is -0.0652 e. The number of rotatable bonds is 0. The second-order valence-electron chi connectivity index (χ2n) is 5.84. The average molecular weight is 317 g/mol. The fourth-order valence-electron chi connectivity index (χ4n) is 3.02. The van der Waals surface area contributed by atoms with Gasteiger partial charge in [0.25, 0.3) is 0 Å². The first-order valence-corrected chi connectivity index (χ1v) is 10.4. The van der Waals surface area contributed by atoms with Gasteiger partial charge >= 0.3 is 0 Å². The van der Waals surface area contributed by atoms with Crippen molar-refractivity contribution in [3.63, 3.8) is 0 Å². The number of benzene rings is 2. The molecule has 0 spiro atoms. The molecule has 0 aliphatic carbocycles. The monoisotopic (exact) mass is 316 g/mol. The van der Waals surface area contributed by atoms with E-state index in [9.17, 15) is 0 Å². The summed E-state index contributed by atoms with van der Waals surface area (Å²) >= 11 is 3.79. The van der Waals surface area contributed by atoms with Gasteiger partial charge in [0.2, 0.25) is 0 Å². The molecular formula is C16H17BrSi. The predicted octanol–water partition coefficient (Wildman–Crippen LogP) is 4.44. The molecule has 1 heterocycles. The summed E-state index contributed by atoms with van der Waals surface area (Å²) in [5.74, 6) is 0. The molecule has 2 aromatic rings. The molecule has 92 valence electrons. The number of hydrogen-bond acceptors (Lipinski definition) is 0. The van der Waals surface area contributed by atoms with Crippen molar-refractivity contribution in [3.05, 3.63) is 52.0 Å². The number of fused-ring (bicyclic) bond motifs is 3. The van der Waals surface area contributed by atoms with Crippen LogP contribution in [0.15, 0.2) is 40.9 Å². The van der Waals surface area contributed by atoms with Crippen LogP contribution in [-0.2, 0) is 6.04 Å². The quantitative estimate of drug-likeness (QED) is 0.630. The largest absolute Gasteiger partial charge is 0.0857 e. The smallest absolute Gasteiger partial charge is 0.0652 e. The van der Waals surface area contributed by atoms with Crippen LogP contribution in [0.5, 0.6) is 0 Å². The van der Waals surface area contributed by atoms with Crippen LogP contribution in [0.2, 0.25) is 13.1 Å². The van der Waals surface area contributed by atoms with Gasteiger partial charge in [-0.05, 0) is 51.2 Å². The zero-order chi connectivity index (χ0) is 12.9. The molecule has 0 bridgehead atoms. The van der Waals surface area contributed by atoms with Crippen molar-refractivity contribution >= 4 is 29.2 Å². The standard InChI is InChI=1S/C16H17BrSi/c1-11-8-9-12-10-18(2,3)14-7-5-4-6-13(14)15(12)16(11)17/h4-9H,10H2,1-3H3. The summed E-state index contributed by atoms with van der Waals surface area (Å²) < 4.78 is 1.27. The van der Waals surface area contributed by atoms with E-state index in [1.807, 2.05) is 0 Å². The lowest BCUT2D eigenvalue weighted by atomic mass is 9.98. The zero-order valence-corrected chi connectivity index (χ0v) is 13.6. The van der Waals surface area contributed by atoms with Gasteiger partial charge in [0.1, 0.15) is 0 Å². The van der Waals surface area contributed by atoms with Crippen molar-refractivity contribution in [3.8, 4) is 11.1 Å². The van der Waals surface area contributed by atoms with E-state index in [-0.39, 0.29) is 0 Å². The highest BCUT2D eigenvalue weighted by atomic mass is 79.9. The molecule has 0 unspecified atom stereocenters. The molecule has 0 atom stereocenters. The Morgan fingerprint density at radius 2 is 1.78 bits per heavy atom. The Morgan fingerprint density at radius 3 is 2.56 bits per heavy atom. The Bertz CT molecular complexity index is 629. The van der Waals surface area contributed by atoms with E-state index in [2.05, 4.69) is 72.3 Å². The summed E-state index contributed by atoms with van der Waals surface area (Å²) in [6.45, 7) is 7.12. The third kappa shape index (κ3) is 1.70. The molecule has 0 saturated heterocycles. The molecular weight excluding hydrogens is 300 g/mol. The van der Waals surface area contributed by atoms with E-state index in [1.165, 1.54) is 32.8 Å². The first-order chi connectivity index (χ1) is 8.50. The lowest BCUT2D eigenvalue weighted by Gasteiger charge is -2.33. The summed E-state index contributed by atoms with van der Waals surface area (Å²) in [5, 5.41) is 1.60. The minimum absolute atomic E-state index is 1.25. The van der Waals surface area contributed by atoms with Crippen LogP contribution in [0, 0.1) is 6.92 Å². The van der Waals surface area contributed by atoms with Gasteiger partial charge in [0.15, 0.2) is 0 Å². The van der Waals surface area contributed by atoms with Crippen LogP contribution < -0.4 is 5.19 Å². The lowest BCUT2D eigenvalue weighted by Crippen LogP contribution is -2.47. The van der Waals surface area contributed by atoms with Crippen molar-refractivity contribution in [1.29, 1.82) is 0 Å². The van der Waals surface area contributed by atoms with Crippen LogP contribution >= 0.6 is 15.9 Å². The molecule has 1 aliphatic rings. The molecule has 0 saturated carbocycles. The average Bonchev–Trinajstić information content (AvgIpc) is 2.34. The number of hydrogen-bond donors (Lipinski definition) is 0. The molecule has 0 nitrogen and oxygen atoms in total. The second-order valence-corrected chi connectivity index (χ2v) is 11.3. The third-order valence-electron chi connectivity index (χ3n) is 3.98. The van der Waals surface area contributed by atoms with Gasteiger partial charge in [-0.3, -0.25) is 0 Å². The molecule has 0 N–H and O–H groups in total. The maximum absolute atomic E-state index is 3.79. The molecule has 0 fully saturated rings. The van der Waals surface area contributed by atoms with Gasteiger partial charge in [-0.2, -0.15) is 0 Å². The van der Waals surface area contributed by atoms with E-state index >= 15 is 0 Å². The summed E-state index contributed by atoms with van der Waals surface area (Å²) in [4.78, 5) is 0. The maximum atomic E-state index is 3.79. The zero-order valence-electron chi connectivity index (χ0n) is 11.0.